The van der Waals surface area contributed by atoms with Crippen LogP contribution in [0.1, 0.15) is 11.1 Å². The molecule has 2 aromatic rings. The molecule has 0 radical (unpaired) electrons. The Morgan fingerprint density at radius 2 is 1.22 bits per heavy atom. The maximum Gasteiger partial charge on any atom is 0.127 e. The van der Waals surface area contributed by atoms with E-state index in [2.05, 4.69) is 63.3 Å². The van der Waals surface area contributed by atoms with Crippen molar-refractivity contribution in [1.82, 2.24) is 0 Å². The zero-order valence-corrected chi connectivity index (χ0v) is 12.4. The fourth-order valence-corrected chi connectivity index (χ4v) is 5.67. The lowest BCUT2D eigenvalue weighted by Gasteiger charge is -2.33. The zero-order valence-electron chi connectivity index (χ0n) is 11.4. The summed E-state index contributed by atoms with van der Waals surface area (Å²) in [7, 11) is -1.62. The lowest BCUT2D eigenvalue weighted by atomic mass is 10.2. The Bertz CT molecular complexity index is 575. The molecule has 0 spiro atoms. The van der Waals surface area contributed by atoms with Crippen molar-refractivity contribution >= 4 is 18.4 Å². The fourth-order valence-electron chi connectivity index (χ4n) is 2.71. The molecule has 0 aliphatic carbocycles. The highest BCUT2D eigenvalue weighted by Gasteiger charge is 2.36. The highest BCUT2D eigenvalue weighted by Crippen LogP contribution is 2.29. The summed E-state index contributed by atoms with van der Waals surface area (Å²) < 4.78 is 6.06. The topological polar surface area (TPSA) is 9.23 Å². The van der Waals surface area contributed by atoms with Crippen LogP contribution in [0.3, 0.4) is 0 Å². The summed E-state index contributed by atoms with van der Waals surface area (Å²) in [4.78, 5) is 0. The molecule has 3 rings (SSSR count). The molecule has 1 nitrogen and oxygen atoms in total. The van der Waals surface area contributed by atoms with Gasteiger partial charge in [0, 0.05) is 0 Å². The van der Waals surface area contributed by atoms with Crippen LogP contribution < -0.4 is 15.1 Å². The molecule has 2 heteroatoms. The van der Waals surface area contributed by atoms with Crippen LogP contribution in [0.2, 0.25) is 13.1 Å². The summed E-state index contributed by atoms with van der Waals surface area (Å²) in [6.45, 7) is 9.12. The maximum absolute atomic E-state index is 6.06. The normalized spacial score (nSPS) is 15.6. The fraction of sp³-hybridized carbons (Fsp3) is 0.250. The molecule has 18 heavy (non-hydrogen) atoms. The van der Waals surface area contributed by atoms with Crippen molar-refractivity contribution < 1.29 is 4.74 Å². The molecule has 0 unspecified atom stereocenters. The smallest absolute Gasteiger partial charge is 0.127 e. The lowest BCUT2D eigenvalue weighted by molar-refractivity contribution is 0.486. The molecule has 0 amide bonds. The molecule has 0 aromatic heterocycles. The second-order valence-electron chi connectivity index (χ2n) is 5.73. The second kappa shape index (κ2) is 3.72. The molecule has 0 bridgehead atoms. The largest absolute Gasteiger partial charge is 0.458 e. The molecule has 0 fully saturated rings. The number of hydrogen-bond donors (Lipinski definition) is 0. The van der Waals surface area contributed by atoms with Crippen molar-refractivity contribution in [2.45, 2.75) is 26.9 Å². The van der Waals surface area contributed by atoms with Crippen LogP contribution in [0.4, 0.5) is 0 Å². The lowest BCUT2D eigenvalue weighted by Crippen LogP contribution is -2.56. The van der Waals surface area contributed by atoms with Gasteiger partial charge in [-0.1, -0.05) is 48.5 Å². The Morgan fingerprint density at radius 3 is 1.67 bits per heavy atom. The van der Waals surface area contributed by atoms with E-state index in [1.807, 2.05) is 0 Å². The third kappa shape index (κ3) is 1.60. The van der Waals surface area contributed by atoms with Gasteiger partial charge in [-0.2, -0.15) is 0 Å². The van der Waals surface area contributed by atoms with E-state index in [1.165, 1.54) is 21.5 Å². The van der Waals surface area contributed by atoms with Crippen molar-refractivity contribution in [2.24, 2.45) is 0 Å². The van der Waals surface area contributed by atoms with Gasteiger partial charge in [0.15, 0.2) is 0 Å². The number of aryl methyl sites for hydroxylation is 2. The summed E-state index contributed by atoms with van der Waals surface area (Å²) in [6.07, 6.45) is 0. The summed E-state index contributed by atoms with van der Waals surface area (Å²) >= 11 is 0. The molecule has 1 aliphatic rings. The predicted molar refractivity (Wildman–Crippen MR) is 79.2 cm³/mol. The first kappa shape index (κ1) is 11.5. The van der Waals surface area contributed by atoms with E-state index in [0.717, 1.165) is 11.5 Å². The van der Waals surface area contributed by atoms with Gasteiger partial charge >= 0.3 is 0 Å². The van der Waals surface area contributed by atoms with E-state index < -0.39 is 8.07 Å². The van der Waals surface area contributed by atoms with Crippen LogP contribution in [0.15, 0.2) is 36.4 Å². The van der Waals surface area contributed by atoms with Crippen LogP contribution in [0.25, 0.3) is 0 Å². The van der Waals surface area contributed by atoms with Gasteiger partial charge in [-0.3, -0.25) is 0 Å². The van der Waals surface area contributed by atoms with Crippen LogP contribution >= 0.6 is 0 Å². The number of hydrogen-bond acceptors (Lipinski definition) is 1. The van der Waals surface area contributed by atoms with Gasteiger partial charge in [-0.25, -0.2) is 0 Å². The van der Waals surface area contributed by atoms with Gasteiger partial charge in [0.05, 0.1) is 0 Å². The Hall–Kier alpha value is -1.54. The van der Waals surface area contributed by atoms with Crippen LogP contribution in [-0.2, 0) is 0 Å². The number of rotatable bonds is 0. The molecule has 1 aliphatic heterocycles. The van der Waals surface area contributed by atoms with Crippen molar-refractivity contribution in [1.29, 1.82) is 0 Å². The van der Waals surface area contributed by atoms with E-state index in [1.54, 1.807) is 0 Å². The van der Waals surface area contributed by atoms with Crippen molar-refractivity contribution in [2.75, 3.05) is 0 Å². The summed E-state index contributed by atoms with van der Waals surface area (Å²) in [5.41, 5.74) is 2.63. The zero-order chi connectivity index (χ0) is 12.9. The summed E-state index contributed by atoms with van der Waals surface area (Å²) in [5.74, 6) is 2.10. The molecule has 0 saturated carbocycles. The number of ether oxygens (including phenoxy) is 1. The molecule has 0 saturated heterocycles. The number of benzene rings is 2. The minimum absolute atomic E-state index is 1.05. The standard InChI is InChI=1S/C16H18OSi/c1-11-5-7-13-15(9-11)18(3,4)16-10-12(2)6-8-14(16)17-13/h5-10H,1-4H3. The van der Waals surface area contributed by atoms with E-state index in [-0.39, 0.29) is 0 Å². The maximum atomic E-state index is 6.06. The highest BCUT2D eigenvalue weighted by atomic mass is 28.3. The average molecular weight is 254 g/mol. The first-order valence-electron chi connectivity index (χ1n) is 6.38. The average Bonchev–Trinajstić information content (AvgIpc) is 2.32. The first-order valence-corrected chi connectivity index (χ1v) is 9.38. The molecule has 0 atom stereocenters. The monoisotopic (exact) mass is 254 g/mol. The van der Waals surface area contributed by atoms with Crippen LogP contribution in [0, 0.1) is 13.8 Å². The minimum atomic E-state index is -1.62. The van der Waals surface area contributed by atoms with Crippen molar-refractivity contribution in [3.63, 3.8) is 0 Å². The Labute approximate surface area is 109 Å². The minimum Gasteiger partial charge on any atom is -0.458 e. The van der Waals surface area contributed by atoms with E-state index >= 15 is 0 Å². The number of fused-ring (bicyclic) bond motifs is 2. The SMILES string of the molecule is Cc1ccc2c(c1)[Si](C)(C)c1cc(C)ccc1O2. The first-order chi connectivity index (χ1) is 8.48. The molecule has 2 aromatic carbocycles. The quantitative estimate of drug-likeness (QED) is 0.656. The second-order valence-corrected chi connectivity index (χ2v) is 10.1. The van der Waals surface area contributed by atoms with Crippen molar-refractivity contribution in [3.8, 4) is 11.5 Å². The third-order valence-corrected chi connectivity index (χ3v) is 7.31. The van der Waals surface area contributed by atoms with Gasteiger partial charge in [-0.05, 0) is 36.4 Å². The summed E-state index contributed by atoms with van der Waals surface area (Å²) in [5, 5.41) is 2.83. The predicted octanol–water partition coefficient (Wildman–Crippen LogP) is 3.23. The molecule has 1 heterocycles. The van der Waals surface area contributed by atoms with Gasteiger partial charge in [0.25, 0.3) is 0 Å². The van der Waals surface area contributed by atoms with Crippen LogP contribution in [-0.4, -0.2) is 8.07 Å². The van der Waals surface area contributed by atoms with Crippen molar-refractivity contribution in [3.05, 3.63) is 47.5 Å². The van der Waals surface area contributed by atoms with E-state index in [0.29, 0.717) is 0 Å². The summed E-state index contributed by atoms with van der Waals surface area (Å²) in [6, 6.07) is 13.1. The van der Waals surface area contributed by atoms with Gasteiger partial charge < -0.3 is 4.74 Å². The molecule has 92 valence electrons. The van der Waals surface area contributed by atoms with E-state index in [4.69, 9.17) is 4.74 Å². The third-order valence-electron chi connectivity index (χ3n) is 3.84. The van der Waals surface area contributed by atoms with Gasteiger partial charge in [0.2, 0.25) is 0 Å². The van der Waals surface area contributed by atoms with Gasteiger partial charge in [0.1, 0.15) is 19.6 Å². The van der Waals surface area contributed by atoms with Crippen LogP contribution in [0.5, 0.6) is 11.5 Å². The molecular weight excluding hydrogens is 236 g/mol. The Balaban J connectivity index is 2.27. The molecule has 0 N–H and O–H groups in total. The highest BCUT2D eigenvalue weighted by molar-refractivity contribution is 7.01. The Morgan fingerprint density at radius 1 is 0.778 bits per heavy atom. The van der Waals surface area contributed by atoms with E-state index in [9.17, 15) is 0 Å². The molecular formula is C16H18OSi. The van der Waals surface area contributed by atoms with Gasteiger partial charge in [-0.15, -0.1) is 0 Å². The Kier molecular flexibility index (Phi) is 2.39.